The molecule has 4 heteroatoms. The van der Waals surface area contributed by atoms with Crippen LogP contribution in [0.5, 0.6) is 0 Å². The molecule has 0 aromatic carbocycles. The van der Waals surface area contributed by atoms with Crippen molar-refractivity contribution in [3.8, 4) is 0 Å². The van der Waals surface area contributed by atoms with E-state index in [1.54, 1.807) is 27.7 Å². The zero-order valence-electron chi connectivity index (χ0n) is 19.1. The highest BCUT2D eigenvalue weighted by Crippen LogP contribution is 2.06. The molecule has 0 saturated carbocycles. The van der Waals surface area contributed by atoms with Gasteiger partial charge in [0.2, 0.25) is 11.6 Å². The number of thiocarbonyl (C=S) groups is 1. The zero-order chi connectivity index (χ0) is 21.8. The number of hydrogen-bond donors (Lipinski definition) is 0. The number of rotatable bonds is 7. The van der Waals surface area contributed by atoms with Crippen molar-refractivity contribution in [2.45, 2.75) is 83.1 Å². The summed E-state index contributed by atoms with van der Waals surface area (Å²) in [5.74, 6) is 1.08. The first-order valence-electron chi connectivity index (χ1n) is 9.73. The van der Waals surface area contributed by atoms with E-state index in [0.717, 1.165) is 0 Å². The molecule has 3 nitrogen and oxygen atoms in total. The predicted molar refractivity (Wildman–Crippen MR) is 117 cm³/mol. The van der Waals surface area contributed by atoms with Crippen LogP contribution in [-0.4, -0.2) is 22.2 Å². The van der Waals surface area contributed by atoms with Gasteiger partial charge in [-0.05, 0) is 16.7 Å². The summed E-state index contributed by atoms with van der Waals surface area (Å²) in [5.41, 5.74) is 0. The first-order valence-corrected chi connectivity index (χ1v) is 10.1. The molecule has 0 radical (unpaired) electrons. The maximum Gasteiger partial charge on any atom is 0.201 e. The molecule has 0 aromatic heterocycles. The minimum absolute atomic E-state index is 0.157. The molecular weight excluding hydrogens is 344 g/mol. The maximum atomic E-state index is 10.9. The lowest BCUT2D eigenvalue weighted by Crippen LogP contribution is -2.23. The third-order valence-electron chi connectivity index (χ3n) is 3.57. The van der Waals surface area contributed by atoms with Gasteiger partial charge in [-0.2, -0.15) is 0 Å². The molecule has 26 heavy (non-hydrogen) atoms. The molecule has 0 aliphatic rings. The van der Waals surface area contributed by atoms with Gasteiger partial charge in [-0.3, -0.25) is 14.4 Å². The fraction of sp³-hybridized carbons (Fsp3) is 0.818. The smallest absolute Gasteiger partial charge is 0.201 e. The lowest BCUT2D eigenvalue weighted by molar-refractivity contribution is -0.140. The molecule has 0 spiro atoms. The van der Waals surface area contributed by atoms with E-state index in [1.807, 2.05) is 27.7 Å². The molecule has 0 atom stereocenters. The van der Waals surface area contributed by atoms with Crippen LogP contribution in [-0.2, 0) is 14.4 Å². The molecular formula is C22H42O3S. The molecule has 0 N–H and O–H groups in total. The van der Waals surface area contributed by atoms with Gasteiger partial charge in [-0.25, -0.2) is 0 Å². The van der Waals surface area contributed by atoms with Gasteiger partial charge >= 0.3 is 0 Å². The summed E-state index contributed by atoms with van der Waals surface area (Å²) in [6.07, 6.45) is 0. The number of carbonyl (C=O) groups excluding carboxylic acids is 3. The molecule has 0 rings (SSSR count). The van der Waals surface area contributed by atoms with Gasteiger partial charge in [0.05, 0.1) is 0 Å². The van der Waals surface area contributed by atoms with Gasteiger partial charge in [0.15, 0.2) is 0 Å². The van der Waals surface area contributed by atoms with Crippen molar-refractivity contribution in [2.75, 3.05) is 0 Å². The van der Waals surface area contributed by atoms with Gasteiger partial charge in [-0.15, -0.1) is 0 Å². The van der Waals surface area contributed by atoms with Crippen molar-refractivity contribution in [3.63, 3.8) is 0 Å². The van der Waals surface area contributed by atoms with Gasteiger partial charge < -0.3 is 0 Å². The average Bonchev–Trinajstić information content (AvgIpc) is 2.52. The quantitative estimate of drug-likeness (QED) is 0.399. The largest absolute Gasteiger partial charge is 0.299 e. The Labute approximate surface area is 167 Å². The summed E-state index contributed by atoms with van der Waals surface area (Å²) in [4.78, 5) is 33.9. The molecule has 0 aliphatic carbocycles. The van der Waals surface area contributed by atoms with E-state index in [4.69, 9.17) is 12.2 Å². The van der Waals surface area contributed by atoms with E-state index < -0.39 is 0 Å². The SMILES string of the molecule is CC(C)C(=O)C(=O)C(C)C.CC(C)C(=O)C(C)C.CC(C)C(=S)C(C)C. The van der Waals surface area contributed by atoms with Crippen molar-refractivity contribution < 1.29 is 14.4 Å². The third kappa shape index (κ3) is 15.4. The summed E-state index contributed by atoms with van der Waals surface area (Å²) >= 11 is 5.10. The molecule has 0 unspecified atom stereocenters. The molecule has 0 fully saturated rings. The second-order valence-corrected chi connectivity index (χ2v) is 8.93. The highest BCUT2D eigenvalue weighted by atomic mass is 32.1. The Bertz CT molecular complexity index is 382. The topological polar surface area (TPSA) is 51.2 Å². The lowest BCUT2D eigenvalue weighted by Gasteiger charge is -2.09. The number of Topliss-reactive ketones (excluding diaryl/α,β-unsaturated/α-hetero) is 3. The van der Waals surface area contributed by atoms with Crippen LogP contribution in [0.1, 0.15) is 83.1 Å². The number of hydrogen-bond acceptors (Lipinski definition) is 4. The van der Waals surface area contributed by atoms with Crippen LogP contribution in [0.4, 0.5) is 0 Å². The van der Waals surface area contributed by atoms with E-state index in [9.17, 15) is 14.4 Å². The second-order valence-electron chi connectivity index (χ2n) is 8.46. The molecule has 0 saturated heterocycles. The van der Waals surface area contributed by atoms with Crippen molar-refractivity contribution in [3.05, 3.63) is 0 Å². The fourth-order valence-electron chi connectivity index (χ4n) is 1.90. The monoisotopic (exact) mass is 386 g/mol. The van der Waals surface area contributed by atoms with E-state index >= 15 is 0 Å². The highest BCUT2D eigenvalue weighted by molar-refractivity contribution is 7.80. The highest BCUT2D eigenvalue weighted by Gasteiger charge is 2.19. The summed E-state index contributed by atoms with van der Waals surface area (Å²) in [5, 5.41) is 0. The van der Waals surface area contributed by atoms with Gasteiger partial charge in [0, 0.05) is 23.7 Å². The molecule has 0 bridgehead atoms. The van der Waals surface area contributed by atoms with E-state index in [0.29, 0.717) is 17.6 Å². The van der Waals surface area contributed by atoms with Crippen LogP contribution in [0, 0.1) is 35.5 Å². The van der Waals surface area contributed by atoms with Crippen LogP contribution in [0.15, 0.2) is 0 Å². The average molecular weight is 387 g/mol. The summed E-state index contributed by atoms with van der Waals surface area (Å²) in [6.45, 7) is 23.3. The molecule has 0 aliphatic heterocycles. The molecule has 0 heterocycles. The zero-order valence-corrected chi connectivity index (χ0v) is 19.9. The van der Waals surface area contributed by atoms with Gasteiger partial charge in [-0.1, -0.05) is 95.3 Å². The standard InChI is InChI=1S/C8H14O2.C7H14O.C7H14S/c1-5(2)7(9)8(10)6(3)4;2*1-5(2)7(8)6(3)4/h5-6H,1-4H3;2*5-6H,1-4H3. The van der Waals surface area contributed by atoms with Crippen molar-refractivity contribution >= 4 is 34.4 Å². The van der Waals surface area contributed by atoms with Crippen LogP contribution < -0.4 is 0 Å². The first-order chi connectivity index (χ1) is 11.6. The minimum atomic E-state index is -0.255. The van der Waals surface area contributed by atoms with Crippen molar-refractivity contribution in [1.82, 2.24) is 0 Å². The minimum Gasteiger partial charge on any atom is -0.299 e. The van der Waals surface area contributed by atoms with E-state index in [-0.39, 0.29) is 35.2 Å². The Kier molecular flexibility index (Phi) is 17.4. The maximum absolute atomic E-state index is 10.9. The summed E-state index contributed by atoms with van der Waals surface area (Å²) in [7, 11) is 0. The Morgan fingerprint density at radius 1 is 0.462 bits per heavy atom. The Balaban J connectivity index is -0.000000308. The normalized spacial score (nSPS) is 10.7. The van der Waals surface area contributed by atoms with Gasteiger partial charge in [0.1, 0.15) is 5.78 Å². The third-order valence-corrected chi connectivity index (χ3v) is 4.51. The second kappa shape index (κ2) is 15.2. The summed E-state index contributed by atoms with van der Waals surface area (Å²) in [6, 6.07) is 0. The van der Waals surface area contributed by atoms with Crippen LogP contribution in [0.2, 0.25) is 0 Å². The lowest BCUT2D eigenvalue weighted by atomic mass is 9.98. The van der Waals surface area contributed by atoms with Crippen molar-refractivity contribution in [1.29, 1.82) is 0 Å². The van der Waals surface area contributed by atoms with E-state index in [2.05, 4.69) is 27.7 Å². The fourth-order valence-corrected chi connectivity index (χ4v) is 1.90. The molecule has 154 valence electrons. The predicted octanol–water partition coefficient (Wildman–Crippen LogP) is 5.97. The van der Waals surface area contributed by atoms with Crippen LogP contribution in [0.25, 0.3) is 0 Å². The Morgan fingerprint density at radius 2 is 0.692 bits per heavy atom. The molecule has 0 amide bonds. The Hall–Kier alpha value is -0.900. The van der Waals surface area contributed by atoms with Crippen LogP contribution in [0.3, 0.4) is 0 Å². The first kappa shape index (κ1) is 29.8. The summed E-state index contributed by atoms with van der Waals surface area (Å²) < 4.78 is 0. The number of ketones is 3. The van der Waals surface area contributed by atoms with Crippen LogP contribution >= 0.6 is 12.2 Å². The van der Waals surface area contributed by atoms with E-state index in [1.165, 1.54) is 4.86 Å². The molecule has 0 aromatic rings. The Morgan fingerprint density at radius 3 is 0.731 bits per heavy atom. The van der Waals surface area contributed by atoms with Crippen molar-refractivity contribution in [2.24, 2.45) is 35.5 Å². The number of carbonyl (C=O) groups is 3. The van der Waals surface area contributed by atoms with Gasteiger partial charge in [0.25, 0.3) is 0 Å².